The van der Waals surface area contributed by atoms with Gasteiger partial charge in [-0.3, -0.25) is 0 Å². The fourth-order valence-electron chi connectivity index (χ4n) is 8.72. The summed E-state index contributed by atoms with van der Waals surface area (Å²) in [6.45, 7) is 0. The Morgan fingerprint density at radius 3 is 1.57 bits per heavy atom. The molecule has 0 bridgehead atoms. The number of fused-ring (bicyclic) bond motifs is 6. The fourth-order valence-corrected chi connectivity index (χ4v) is 8.72. The zero-order valence-electron chi connectivity index (χ0n) is 29.5. The van der Waals surface area contributed by atoms with Gasteiger partial charge in [0.1, 0.15) is 11.0 Å². The SMILES string of the molecule is c1ccc(-c2cccc(C3[N-]C(c4ccccc4)[NH+]3n3c4ccccc4c4cc(-c5ccc6c(c5)c5ccccc5n6-c5ccccc5)ccc43)c2)cc1. The highest BCUT2D eigenvalue weighted by atomic mass is 15.7. The standard InChI is InChI=1S/C50H35N4/c1-4-15-34(16-5-1)36-19-14-20-39(31-36)50-51-49(35-17-6-2-7-18-35)54(50)53-47-26-13-11-24-42(47)44-33-38(28-30-48(44)53)37-27-29-46-43(32-37)41-23-10-12-25-45(41)52(46)40-21-8-3-9-22-40/h1-33,49-50H/q-1/p+1. The zero-order valence-corrected chi connectivity index (χ0v) is 29.5. The van der Waals surface area contributed by atoms with Gasteiger partial charge in [0.05, 0.1) is 23.4 Å². The summed E-state index contributed by atoms with van der Waals surface area (Å²) in [5.74, 6) is 0. The van der Waals surface area contributed by atoms with Crippen molar-refractivity contribution in [2.45, 2.75) is 12.3 Å². The van der Waals surface area contributed by atoms with Crippen LogP contribution < -0.4 is 5.01 Å². The maximum Gasteiger partial charge on any atom is 0.102 e. The summed E-state index contributed by atoms with van der Waals surface area (Å²) in [4.78, 5) is 0. The largest absolute Gasteiger partial charge is 0.545 e. The molecular weight excluding hydrogens is 657 g/mol. The lowest BCUT2D eigenvalue weighted by Gasteiger charge is -2.57. The normalized spacial score (nSPS) is 17.0. The minimum absolute atomic E-state index is 0.0420. The van der Waals surface area contributed by atoms with Crippen LogP contribution in [-0.4, -0.2) is 9.24 Å². The van der Waals surface area contributed by atoms with Crippen molar-refractivity contribution in [2.24, 2.45) is 0 Å². The third-order valence-corrected chi connectivity index (χ3v) is 11.2. The number of para-hydroxylation sites is 3. The third kappa shape index (κ3) is 4.85. The second-order valence-corrected chi connectivity index (χ2v) is 14.3. The number of rotatable bonds is 6. The molecule has 3 heterocycles. The van der Waals surface area contributed by atoms with Gasteiger partial charge in [0.25, 0.3) is 0 Å². The van der Waals surface area contributed by atoms with Gasteiger partial charge >= 0.3 is 0 Å². The van der Waals surface area contributed by atoms with Crippen molar-refractivity contribution in [1.29, 1.82) is 0 Å². The van der Waals surface area contributed by atoms with E-state index in [0.29, 0.717) is 0 Å². The topological polar surface area (TPSA) is 28.4 Å². The second kappa shape index (κ2) is 12.5. The van der Waals surface area contributed by atoms with Crippen molar-refractivity contribution in [2.75, 3.05) is 0 Å². The molecule has 8 aromatic carbocycles. The van der Waals surface area contributed by atoms with Gasteiger partial charge < -0.3 is 9.88 Å². The molecule has 0 radical (unpaired) electrons. The Morgan fingerprint density at radius 2 is 0.833 bits per heavy atom. The number of quaternary nitrogens is 1. The van der Waals surface area contributed by atoms with E-state index in [1.54, 1.807) is 0 Å². The Labute approximate surface area is 313 Å². The molecule has 1 aliphatic rings. The van der Waals surface area contributed by atoms with E-state index in [2.05, 4.69) is 209 Å². The van der Waals surface area contributed by atoms with Crippen molar-refractivity contribution in [3.63, 3.8) is 0 Å². The first-order chi connectivity index (χ1) is 26.8. The van der Waals surface area contributed by atoms with Gasteiger partial charge in [-0.25, -0.2) is 5.01 Å². The second-order valence-electron chi connectivity index (χ2n) is 14.3. The maximum absolute atomic E-state index is 5.43. The molecular formula is C50H36N4. The predicted octanol–water partition coefficient (Wildman–Crippen LogP) is 11.7. The van der Waals surface area contributed by atoms with E-state index in [0.717, 1.165) is 0 Å². The molecule has 4 nitrogen and oxygen atoms in total. The lowest BCUT2D eigenvalue weighted by Crippen LogP contribution is -3.19. The minimum atomic E-state index is -0.0677. The van der Waals surface area contributed by atoms with E-state index in [-0.39, 0.29) is 12.3 Å². The Morgan fingerprint density at radius 1 is 0.352 bits per heavy atom. The molecule has 1 saturated heterocycles. The quantitative estimate of drug-likeness (QED) is 0.180. The number of benzene rings is 8. The van der Waals surface area contributed by atoms with Gasteiger partial charge in [-0.2, -0.15) is 4.68 Å². The van der Waals surface area contributed by atoms with Crippen molar-refractivity contribution < 1.29 is 5.01 Å². The molecule has 2 aromatic heterocycles. The first-order valence-electron chi connectivity index (χ1n) is 18.7. The lowest BCUT2D eigenvalue weighted by atomic mass is 9.98. The molecule has 3 atom stereocenters. The Kier molecular flexibility index (Phi) is 7.12. The molecule has 54 heavy (non-hydrogen) atoms. The van der Waals surface area contributed by atoms with Gasteiger partial charge in [0.2, 0.25) is 0 Å². The van der Waals surface area contributed by atoms with Gasteiger partial charge in [0.15, 0.2) is 0 Å². The molecule has 256 valence electrons. The number of nitrogens with one attached hydrogen (secondary N) is 1. The summed E-state index contributed by atoms with van der Waals surface area (Å²) in [5.41, 5.74) is 13.3. The Bertz CT molecular complexity index is 2980. The third-order valence-electron chi connectivity index (χ3n) is 11.2. The van der Waals surface area contributed by atoms with E-state index in [9.17, 15) is 0 Å². The first-order valence-corrected chi connectivity index (χ1v) is 18.7. The molecule has 0 amide bonds. The molecule has 1 N–H and O–H groups in total. The van der Waals surface area contributed by atoms with Crippen LogP contribution in [0, 0.1) is 0 Å². The van der Waals surface area contributed by atoms with Crippen LogP contribution in [0.25, 0.3) is 76.9 Å². The summed E-state index contributed by atoms with van der Waals surface area (Å²) >= 11 is 0. The van der Waals surface area contributed by atoms with E-state index in [4.69, 9.17) is 5.32 Å². The van der Waals surface area contributed by atoms with Crippen LogP contribution in [0.3, 0.4) is 0 Å². The average molecular weight is 693 g/mol. The minimum Gasteiger partial charge on any atom is -0.545 e. The molecule has 1 aliphatic heterocycles. The van der Waals surface area contributed by atoms with E-state index < -0.39 is 0 Å². The van der Waals surface area contributed by atoms with E-state index in [1.165, 1.54) is 87.7 Å². The molecule has 0 saturated carbocycles. The number of hydrogen-bond acceptors (Lipinski definition) is 0. The number of nitrogens with zero attached hydrogens (tertiary/aromatic N) is 3. The predicted molar refractivity (Wildman–Crippen MR) is 223 cm³/mol. The highest BCUT2D eigenvalue weighted by molar-refractivity contribution is 6.12. The Balaban J connectivity index is 1.07. The molecule has 0 spiro atoms. The summed E-state index contributed by atoms with van der Waals surface area (Å²) in [7, 11) is 0. The summed E-state index contributed by atoms with van der Waals surface area (Å²) in [6.07, 6.45) is -0.110. The highest BCUT2D eigenvalue weighted by Crippen LogP contribution is 2.40. The Hall–Kier alpha value is -6.72. The number of hydrogen-bond donors (Lipinski definition) is 1. The lowest BCUT2D eigenvalue weighted by molar-refractivity contribution is -1.02. The highest BCUT2D eigenvalue weighted by Gasteiger charge is 2.37. The monoisotopic (exact) mass is 692 g/mol. The van der Waals surface area contributed by atoms with Crippen molar-refractivity contribution >= 4 is 43.6 Å². The van der Waals surface area contributed by atoms with Crippen molar-refractivity contribution in [3.05, 3.63) is 217 Å². The molecule has 10 aromatic rings. The van der Waals surface area contributed by atoms with Crippen LogP contribution in [0.2, 0.25) is 0 Å². The van der Waals surface area contributed by atoms with E-state index >= 15 is 0 Å². The summed E-state index contributed by atoms with van der Waals surface area (Å²) in [6, 6.07) is 72.5. The van der Waals surface area contributed by atoms with Crippen LogP contribution in [0.1, 0.15) is 23.5 Å². The van der Waals surface area contributed by atoms with Crippen molar-refractivity contribution in [1.82, 2.24) is 9.24 Å². The molecule has 11 rings (SSSR count). The van der Waals surface area contributed by atoms with Crippen molar-refractivity contribution in [3.8, 4) is 27.9 Å². The summed E-state index contributed by atoms with van der Waals surface area (Å²) in [5, 5.41) is 11.7. The van der Waals surface area contributed by atoms with Gasteiger partial charge in [-0.1, -0.05) is 146 Å². The van der Waals surface area contributed by atoms with Gasteiger partial charge in [0, 0.05) is 27.2 Å². The van der Waals surface area contributed by atoms with Crippen LogP contribution in [0.5, 0.6) is 0 Å². The fraction of sp³-hybridized carbons (Fsp3) is 0.0400. The maximum atomic E-state index is 5.43. The van der Waals surface area contributed by atoms with Gasteiger partial charge in [-0.05, 0) is 88.0 Å². The van der Waals surface area contributed by atoms with E-state index in [1.807, 2.05) is 0 Å². The van der Waals surface area contributed by atoms with Crippen LogP contribution in [0.4, 0.5) is 0 Å². The summed E-state index contributed by atoms with van der Waals surface area (Å²) < 4.78 is 4.89. The molecule has 1 fully saturated rings. The van der Waals surface area contributed by atoms with Crippen LogP contribution >= 0.6 is 0 Å². The van der Waals surface area contributed by atoms with Crippen LogP contribution in [-0.2, 0) is 0 Å². The van der Waals surface area contributed by atoms with Crippen LogP contribution in [0.15, 0.2) is 200 Å². The number of aromatic nitrogens is 2. The molecule has 4 heteroatoms. The van der Waals surface area contributed by atoms with Gasteiger partial charge in [-0.15, -0.1) is 0 Å². The smallest absolute Gasteiger partial charge is 0.102 e. The molecule has 0 aliphatic carbocycles. The molecule has 3 unspecified atom stereocenters. The first kappa shape index (κ1) is 30.9. The zero-order chi connectivity index (χ0) is 35.6. The average Bonchev–Trinajstić information content (AvgIpc) is 3.74.